The number of amides is 2. The van der Waals surface area contributed by atoms with E-state index in [1.165, 1.54) is 18.1 Å². The van der Waals surface area contributed by atoms with Crippen LogP contribution < -0.4 is 10.6 Å². The van der Waals surface area contributed by atoms with Crippen molar-refractivity contribution in [1.29, 1.82) is 0 Å². The predicted molar refractivity (Wildman–Crippen MR) is 103 cm³/mol. The van der Waals surface area contributed by atoms with Gasteiger partial charge < -0.3 is 24.8 Å². The van der Waals surface area contributed by atoms with E-state index < -0.39 is 29.4 Å². The third kappa shape index (κ3) is 5.67. The van der Waals surface area contributed by atoms with Crippen molar-refractivity contribution in [2.75, 3.05) is 37.4 Å². The van der Waals surface area contributed by atoms with E-state index in [4.69, 9.17) is 14.6 Å². The molecular formula is C19H24FN3O6. The lowest BCUT2D eigenvalue weighted by Gasteiger charge is -2.21. The summed E-state index contributed by atoms with van der Waals surface area (Å²) in [4.78, 5) is 38.0. The summed E-state index contributed by atoms with van der Waals surface area (Å²) in [6.45, 7) is 4.73. The summed E-state index contributed by atoms with van der Waals surface area (Å²) in [6, 6.07) is 3.49. The molecule has 1 aliphatic rings. The van der Waals surface area contributed by atoms with Crippen molar-refractivity contribution in [3.63, 3.8) is 0 Å². The van der Waals surface area contributed by atoms with Crippen LogP contribution in [0.1, 0.15) is 20.8 Å². The molecule has 0 saturated heterocycles. The lowest BCUT2D eigenvalue weighted by molar-refractivity contribution is -0.136. The normalized spacial score (nSPS) is 14.1. The Labute approximate surface area is 167 Å². The minimum Gasteiger partial charge on any atom is -0.466 e. The number of carbonyl (C=O) groups is 3. The number of methoxy groups -OCH3 is 1. The number of halogens is 1. The van der Waals surface area contributed by atoms with E-state index >= 15 is 0 Å². The Bertz CT molecular complexity index is 847. The highest BCUT2D eigenvalue weighted by Crippen LogP contribution is 2.29. The third-order valence-electron chi connectivity index (χ3n) is 3.83. The first-order valence-electron chi connectivity index (χ1n) is 8.84. The molecule has 0 unspecified atom stereocenters. The number of hydrogen-bond donors (Lipinski definition) is 3. The van der Waals surface area contributed by atoms with Gasteiger partial charge in [0, 0.05) is 6.54 Å². The maximum Gasteiger partial charge on any atom is 0.412 e. The first-order chi connectivity index (χ1) is 13.6. The van der Waals surface area contributed by atoms with Gasteiger partial charge in [0.05, 0.1) is 37.2 Å². The van der Waals surface area contributed by atoms with E-state index in [2.05, 4.69) is 10.6 Å². The van der Waals surface area contributed by atoms with Crippen LogP contribution in [0.2, 0.25) is 0 Å². The lowest BCUT2D eigenvalue weighted by Crippen LogP contribution is -2.31. The van der Waals surface area contributed by atoms with Crippen molar-refractivity contribution in [3.05, 3.63) is 35.3 Å². The van der Waals surface area contributed by atoms with Crippen LogP contribution in [-0.4, -0.2) is 60.4 Å². The molecule has 1 aromatic carbocycles. The topological polar surface area (TPSA) is 117 Å². The fraction of sp³-hybridized carbons (Fsp3) is 0.421. The number of carbonyl (C=O) groups excluding carboxylic acids is 3. The van der Waals surface area contributed by atoms with Gasteiger partial charge in [0.25, 0.3) is 5.91 Å². The minimum atomic E-state index is -0.812. The van der Waals surface area contributed by atoms with Crippen molar-refractivity contribution in [3.8, 4) is 0 Å². The van der Waals surface area contributed by atoms with Gasteiger partial charge in [0.1, 0.15) is 17.1 Å². The monoisotopic (exact) mass is 409 g/mol. The van der Waals surface area contributed by atoms with Crippen LogP contribution in [0.25, 0.3) is 0 Å². The summed E-state index contributed by atoms with van der Waals surface area (Å²) < 4.78 is 23.6. The molecule has 0 spiro atoms. The Hall–Kier alpha value is -3.14. The molecule has 3 N–H and O–H groups in total. The molecule has 0 aromatic heterocycles. The Morgan fingerprint density at radius 1 is 1.28 bits per heavy atom. The molecule has 0 aliphatic carbocycles. The Kier molecular flexibility index (Phi) is 6.80. The van der Waals surface area contributed by atoms with Crippen LogP contribution in [0.4, 0.5) is 20.6 Å². The van der Waals surface area contributed by atoms with Gasteiger partial charge >= 0.3 is 12.1 Å². The Morgan fingerprint density at radius 3 is 2.55 bits per heavy atom. The summed E-state index contributed by atoms with van der Waals surface area (Å²) in [6.07, 6.45) is -0.812. The molecule has 0 radical (unpaired) electrons. The number of nitrogens with zero attached hydrogens (tertiary/aromatic N) is 1. The molecule has 158 valence electrons. The number of β-amino-alcohol motifs (C(OH)–C–C–N with tert-alkyl or cyclic N) is 1. The van der Waals surface area contributed by atoms with Crippen molar-refractivity contribution < 1.29 is 33.4 Å². The van der Waals surface area contributed by atoms with Gasteiger partial charge in [-0.25, -0.2) is 14.0 Å². The number of anilines is 2. The van der Waals surface area contributed by atoms with Crippen molar-refractivity contribution in [1.82, 2.24) is 4.90 Å². The molecule has 9 nitrogen and oxygen atoms in total. The minimum absolute atomic E-state index is 0.0179. The van der Waals surface area contributed by atoms with E-state index in [1.807, 2.05) is 0 Å². The SMILES string of the molecule is COC(=O)C1=C(Nc2ccc(F)cc2NC(=O)OC(C)(C)C)C(=O)N(CCO)C1. The average molecular weight is 409 g/mol. The van der Waals surface area contributed by atoms with Crippen LogP contribution in [-0.2, 0) is 19.1 Å². The fourth-order valence-corrected chi connectivity index (χ4v) is 2.63. The highest BCUT2D eigenvalue weighted by molar-refractivity contribution is 6.09. The van der Waals surface area contributed by atoms with Crippen molar-refractivity contribution >= 4 is 29.3 Å². The molecule has 0 fully saturated rings. The maximum absolute atomic E-state index is 13.7. The zero-order valence-corrected chi connectivity index (χ0v) is 16.7. The largest absolute Gasteiger partial charge is 0.466 e. The van der Waals surface area contributed by atoms with Crippen LogP contribution in [0.5, 0.6) is 0 Å². The fourth-order valence-electron chi connectivity index (χ4n) is 2.63. The highest BCUT2D eigenvalue weighted by Gasteiger charge is 2.34. The lowest BCUT2D eigenvalue weighted by atomic mass is 10.2. The predicted octanol–water partition coefficient (Wildman–Crippen LogP) is 1.85. The van der Waals surface area contributed by atoms with Crippen LogP contribution in [0.3, 0.4) is 0 Å². The van der Waals surface area contributed by atoms with Crippen molar-refractivity contribution in [2.45, 2.75) is 26.4 Å². The van der Waals surface area contributed by atoms with Crippen molar-refractivity contribution in [2.24, 2.45) is 0 Å². The van der Waals surface area contributed by atoms with E-state index in [9.17, 15) is 18.8 Å². The highest BCUT2D eigenvalue weighted by atomic mass is 19.1. The molecule has 0 saturated carbocycles. The van der Waals surface area contributed by atoms with Crippen LogP contribution >= 0.6 is 0 Å². The number of ether oxygens (including phenoxy) is 2. The van der Waals surface area contributed by atoms with Gasteiger partial charge in [0.2, 0.25) is 0 Å². The number of rotatable bonds is 6. The van der Waals surface area contributed by atoms with Gasteiger partial charge in [-0.2, -0.15) is 0 Å². The first-order valence-corrected chi connectivity index (χ1v) is 8.84. The van der Waals surface area contributed by atoms with E-state index in [0.717, 1.165) is 12.1 Å². The zero-order valence-electron chi connectivity index (χ0n) is 16.7. The quantitative estimate of drug-likeness (QED) is 0.614. The number of hydrogen-bond acceptors (Lipinski definition) is 7. The molecule has 1 aliphatic heterocycles. The molecule has 29 heavy (non-hydrogen) atoms. The second kappa shape index (κ2) is 8.91. The molecule has 1 aromatic rings. The summed E-state index contributed by atoms with van der Waals surface area (Å²) in [5, 5.41) is 14.3. The number of aliphatic hydroxyl groups is 1. The van der Waals surface area contributed by atoms with Gasteiger partial charge in [-0.1, -0.05) is 0 Å². The number of esters is 1. The summed E-state index contributed by atoms with van der Waals surface area (Å²) in [7, 11) is 1.18. The second-order valence-corrected chi connectivity index (χ2v) is 7.24. The van der Waals surface area contributed by atoms with Gasteiger partial charge in [-0.15, -0.1) is 0 Å². The molecule has 2 rings (SSSR count). The Morgan fingerprint density at radius 2 is 1.97 bits per heavy atom. The maximum atomic E-state index is 13.7. The molecule has 0 bridgehead atoms. The molecule has 2 amide bonds. The first kappa shape index (κ1) is 22.2. The standard InChI is InChI=1S/C19H24FN3O6/c1-19(2,3)29-18(27)22-14-9-11(20)5-6-13(14)21-15-12(17(26)28-4)10-23(7-8-24)16(15)25/h5-6,9,21,24H,7-8,10H2,1-4H3,(H,22,27). The van der Waals surface area contributed by atoms with E-state index in [-0.39, 0.29) is 42.3 Å². The number of aliphatic hydroxyl groups excluding tert-OH is 1. The summed E-state index contributed by atoms with van der Waals surface area (Å²) >= 11 is 0. The summed E-state index contributed by atoms with van der Waals surface area (Å²) in [5.41, 5.74) is -0.600. The van der Waals surface area contributed by atoms with Crippen LogP contribution in [0, 0.1) is 5.82 Å². The second-order valence-electron chi connectivity index (χ2n) is 7.24. The van der Waals surface area contributed by atoms with Crippen LogP contribution in [0.15, 0.2) is 29.5 Å². The molecule has 1 heterocycles. The van der Waals surface area contributed by atoms with Gasteiger partial charge in [-0.05, 0) is 39.0 Å². The van der Waals surface area contributed by atoms with E-state index in [0.29, 0.717) is 0 Å². The summed E-state index contributed by atoms with van der Waals surface area (Å²) in [5.74, 6) is -1.87. The number of benzene rings is 1. The Balaban J connectivity index is 2.35. The van der Waals surface area contributed by atoms with E-state index in [1.54, 1.807) is 20.8 Å². The molecule has 10 heteroatoms. The number of nitrogens with one attached hydrogen (secondary N) is 2. The zero-order chi connectivity index (χ0) is 21.8. The smallest absolute Gasteiger partial charge is 0.412 e. The van der Waals surface area contributed by atoms with Gasteiger partial charge in [0.15, 0.2) is 0 Å². The van der Waals surface area contributed by atoms with Gasteiger partial charge in [-0.3, -0.25) is 10.1 Å². The average Bonchev–Trinajstić information content (AvgIpc) is 2.91. The third-order valence-corrected chi connectivity index (χ3v) is 3.83. The molecule has 0 atom stereocenters. The molecular weight excluding hydrogens is 385 g/mol.